The summed E-state index contributed by atoms with van der Waals surface area (Å²) in [6.45, 7) is 0.501. The molecule has 132 valence electrons. The highest BCUT2D eigenvalue weighted by Crippen LogP contribution is 2.15. The molecule has 1 atom stereocenters. The Bertz CT molecular complexity index is 810. The summed E-state index contributed by atoms with van der Waals surface area (Å²) in [5.41, 5.74) is 4.72. The summed E-state index contributed by atoms with van der Waals surface area (Å²) in [6, 6.07) is 18.6. The molecular weight excluding hydrogens is 338 g/mol. The number of carbonyl (C=O) groups excluding carboxylic acids is 1. The lowest BCUT2D eigenvalue weighted by Crippen LogP contribution is -2.50. The second-order valence-corrected chi connectivity index (χ2v) is 8.32. The highest BCUT2D eigenvalue weighted by Gasteiger charge is 2.29. The lowest BCUT2D eigenvalue weighted by molar-refractivity contribution is 0.237. The smallest absolute Gasteiger partial charge is 0.333 e. The molecule has 2 aromatic rings. The third-order valence-corrected chi connectivity index (χ3v) is 5.82. The number of nitrogens with zero attached hydrogens (tertiary/aromatic N) is 1. The summed E-state index contributed by atoms with van der Waals surface area (Å²) < 4.78 is 23.1. The van der Waals surface area contributed by atoms with E-state index < -0.39 is 15.9 Å². The SMILES string of the molecule is O=C(N[C@@H]1CCS(=O)(=O)C1)NN(Cc1ccccc1)c1ccccc1. The first kappa shape index (κ1) is 17.3. The number of hydrogen-bond acceptors (Lipinski definition) is 4. The van der Waals surface area contributed by atoms with E-state index in [0.29, 0.717) is 13.0 Å². The molecule has 0 aliphatic carbocycles. The van der Waals surface area contributed by atoms with E-state index in [1.165, 1.54) is 0 Å². The van der Waals surface area contributed by atoms with Gasteiger partial charge < -0.3 is 5.32 Å². The molecule has 1 heterocycles. The number of carbonyl (C=O) groups is 1. The van der Waals surface area contributed by atoms with Crippen LogP contribution in [0.1, 0.15) is 12.0 Å². The number of urea groups is 1. The average Bonchev–Trinajstić information content (AvgIpc) is 2.94. The van der Waals surface area contributed by atoms with Gasteiger partial charge >= 0.3 is 6.03 Å². The summed E-state index contributed by atoms with van der Waals surface area (Å²) in [6.07, 6.45) is 0.458. The predicted molar refractivity (Wildman–Crippen MR) is 97.8 cm³/mol. The molecule has 2 N–H and O–H groups in total. The van der Waals surface area contributed by atoms with Crippen molar-refractivity contribution in [2.24, 2.45) is 0 Å². The van der Waals surface area contributed by atoms with Gasteiger partial charge in [0.2, 0.25) is 0 Å². The van der Waals surface area contributed by atoms with Crippen molar-refractivity contribution < 1.29 is 13.2 Å². The highest BCUT2D eigenvalue weighted by molar-refractivity contribution is 7.91. The molecule has 0 unspecified atom stereocenters. The summed E-state index contributed by atoms with van der Waals surface area (Å²) in [5, 5.41) is 4.49. The summed E-state index contributed by atoms with van der Waals surface area (Å²) >= 11 is 0. The molecule has 0 bridgehead atoms. The van der Waals surface area contributed by atoms with Crippen LogP contribution in [-0.4, -0.2) is 32.0 Å². The van der Waals surface area contributed by atoms with Gasteiger partial charge in [-0.05, 0) is 24.1 Å². The Labute approximate surface area is 147 Å². The minimum atomic E-state index is -3.03. The van der Waals surface area contributed by atoms with Gasteiger partial charge in [-0.2, -0.15) is 0 Å². The number of rotatable bonds is 5. The molecule has 1 saturated heterocycles. The van der Waals surface area contributed by atoms with Crippen LogP contribution in [-0.2, 0) is 16.4 Å². The number of hydrogen-bond donors (Lipinski definition) is 2. The van der Waals surface area contributed by atoms with Crippen molar-refractivity contribution in [3.63, 3.8) is 0 Å². The number of para-hydroxylation sites is 1. The Morgan fingerprint density at radius 2 is 1.68 bits per heavy atom. The maximum atomic E-state index is 12.3. The fraction of sp³-hybridized carbons (Fsp3) is 0.278. The first-order chi connectivity index (χ1) is 12.0. The van der Waals surface area contributed by atoms with Crippen LogP contribution in [0.4, 0.5) is 10.5 Å². The van der Waals surface area contributed by atoms with Gasteiger partial charge in [0, 0.05) is 6.04 Å². The quantitative estimate of drug-likeness (QED) is 0.802. The lowest BCUT2D eigenvalue weighted by Gasteiger charge is -2.26. The van der Waals surface area contributed by atoms with Gasteiger partial charge in [0.15, 0.2) is 9.84 Å². The first-order valence-corrected chi connectivity index (χ1v) is 9.98. The summed E-state index contributed by atoms with van der Waals surface area (Å²) in [5.74, 6) is 0.134. The normalized spacial score (nSPS) is 18.5. The molecule has 0 radical (unpaired) electrons. The number of benzene rings is 2. The maximum Gasteiger partial charge on any atom is 0.333 e. The Balaban J connectivity index is 1.68. The van der Waals surface area contributed by atoms with Crippen LogP contribution in [0.2, 0.25) is 0 Å². The Hall–Kier alpha value is -2.54. The van der Waals surface area contributed by atoms with Crippen LogP contribution < -0.4 is 15.8 Å². The minimum Gasteiger partial charge on any atom is -0.333 e. The topological polar surface area (TPSA) is 78.5 Å². The number of nitrogens with one attached hydrogen (secondary N) is 2. The molecule has 25 heavy (non-hydrogen) atoms. The van der Waals surface area contributed by atoms with E-state index in [1.54, 1.807) is 5.01 Å². The van der Waals surface area contributed by atoms with Gasteiger partial charge in [0.1, 0.15) is 0 Å². The van der Waals surface area contributed by atoms with Crippen LogP contribution in [0.5, 0.6) is 0 Å². The predicted octanol–water partition coefficient (Wildman–Crippen LogP) is 2.09. The van der Waals surface area contributed by atoms with E-state index >= 15 is 0 Å². The third-order valence-electron chi connectivity index (χ3n) is 4.06. The van der Waals surface area contributed by atoms with E-state index in [1.807, 2.05) is 60.7 Å². The van der Waals surface area contributed by atoms with Crippen LogP contribution in [0, 0.1) is 0 Å². The van der Waals surface area contributed by atoms with Gasteiger partial charge in [-0.15, -0.1) is 0 Å². The summed E-state index contributed by atoms with van der Waals surface area (Å²) in [7, 11) is -3.03. The zero-order valence-electron chi connectivity index (χ0n) is 13.8. The van der Waals surface area contributed by atoms with Gasteiger partial charge in [0.25, 0.3) is 0 Å². The molecule has 7 heteroatoms. The zero-order valence-corrected chi connectivity index (χ0v) is 14.6. The van der Waals surface area contributed by atoms with Crippen LogP contribution in [0.15, 0.2) is 60.7 Å². The fourth-order valence-corrected chi connectivity index (χ4v) is 4.49. The summed E-state index contributed by atoms with van der Waals surface area (Å²) in [4.78, 5) is 12.3. The average molecular weight is 359 g/mol. The van der Waals surface area contributed by atoms with Crippen LogP contribution in [0.3, 0.4) is 0 Å². The second kappa shape index (κ2) is 7.57. The van der Waals surface area contributed by atoms with Crippen LogP contribution in [0.25, 0.3) is 0 Å². The van der Waals surface area contributed by atoms with Crippen molar-refractivity contribution in [1.29, 1.82) is 0 Å². The maximum absolute atomic E-state index is 12.3. The van der Waals surface area contributed by atoms with Crippen molar-refractivity contribution in [3.8, 4) is 0 Å². The number of anilines is 1. The van der Waals surface area contributed by atoms with Crippen molar-refractivity contribution in [2.75, 3.05) is 16.5 Å². The second-order valence-electron chi connectivity index (χ2n) is 6.09. The molecule has 2 aromatic carbocycles. The standard InChI is InChI=1S/C18H21N3O3S/c22-18(19-16-11-12-25(23,24)14-16)20-21(17-9-5-2-6-10-17)13-15-7-3-1-4-8-15/h1-10,16H,11-14H2,(H2,19,20,22)/t16-/m1/s1. The number of hydrazine groups is 1. The highest BCUT2D eigenvalue weighted by atomic mass is 32.2. The minimum absolute atomic E-state index is 0.00441. The van der Waals surface area contributed by atoms with Gasteiger partial charge in [-0.3, -0.25) is 5.01 Å². The molecule has 0 spiro atoms. The van der Waals surface area contributed by atoms with Crippen molar-refractivity contribution >= 4 is 21.6 Å². The molecule has 2 amide bonds. The zero-order chi connectivity index (χ0) is 17.7. The Morgan fingerprint density at radius 3 is 2.28 bits per heavy atom. The third kappa shape index (κ3) is 4.96. The number of sulfone groups is 1. The molecule has 3 rings (SSSR count). The first-order valence-electron chi connectivity index (χ1n) is 8.16. The molecule has 1 aliphatic heterocycles. The van der Waals surface area contributed by atoms with E-state index in [9.17, 15) is 13.2 Å². The van der Waals surface area contributed by atoms with Crippen molar-refractivity contribution in [3.05, 3.63) is 66.2 Å². The van der Waals surface area contributed by atoms with Crippen molar-refractivity contribution in [2.45, 2.75) is 19.0 Å². The van der Waals surface area contributed by atoms with E-state index in [-0.39, 0.29) is 17.5 Å². The molecule has 0 aromatic heterocycles. The van der Waals surface area contributed by atoms with Gasteiger partial charge in [-0.25, -0.2) is 18.6 Å². The largest absolute Gasteiger partial charge is 0.333 e. The fourth-order valence-electron chi connectivity index (χ4n) is 2.82. The molecular formula is C18H21N3O3S. The molecule has 1 fully saturated rings. The lowest BCUT2D eigenvalue weighted by atomic mass is 10.2. The molecule has 0 saturated carbocycles. The molecule has 1 aliphatic rings. The Morgan fingerprint density at radius 1 is 1.04 bits per heavy atom. The van der Waals surface area contributed by atoms with E-state index in [4.69, 9.17) is 0 Å². The van der Waals surface area contributed by atoms with Gasteiger partial charge in [0.05, 0.1) is 23.7 Å². The van der Waals surface area contributed by atoms with Gasteiger partial charge in [-0.1, -0.05) is 48.5 Å². The monoisotopic (exact) mass is 359 g/mol. The molecule has 6 nitrogen and oxygen atoms in total. The van der Waals surface area contributed by atoms with Crippen LogP contribution >= 0.6 is 0 Å². The Kier molecular flexibility index (Phi) is 5.23. The van der Waals surface area contributed by atoms with Crippen molar-refractivity contribution in [1.82, 2.24) is 10.7 Å². The van der Waals surface area contributed by atoms with E-state index in [2.05, 4.69) is 10.7 Å². The van der Waals surface area contributed by atoms with E-state index in [0.717, 1.165) is 11.3 Å². The number of amides is 2.